The summed E-state index contributed by atoms with van der Waals surface area (Å²) in [5.74, 6) is 0. The smallest absolute Gasteiger partial charge is 0.0641 e. The fourth-order valence-electron chi connectivity index (χ4n) is 0.965. The lowest BCUT2D eigenvalue weighted by Crippen LogP contribution is -2.45. The Morgan fingerprint density at radius 3 is 2.38 bits per heavy atom. The molecule has 8 heavy (non-hydrogen) atoms. The van der Waals surface area contributed by atoms with Crippen molar-refractivity contribution < 1.29 is 0 Å². The van der Waals surface area contributed by atoms with Crippen LogP contribution in [0.3, 0.4) is 0 Å². The average Bonchev–Trinajstić information content (AvgIpc) is 1.64. The summed E-state index contributed by atoms with van der Waals surface area (Å²) in [6.07, 6.45) is 3.83. The highest BCUT2D eigenvalue weighted by Crippen LogP contribution is 2.31. The molecule has 0 aliphatic heterocycles. The van der Waals surface area contributed by atoms with E-state index in [-0.39, 0.29) is 5.54 Å². The van der Waals surface area contributed by atoms with Crippen LogP contribution in [0.4, 0.5) is 0 Å². The Kier molecular flexibility index (Phi) is 1.22. The second-order valence-electron chi connectivity index (χ2n) is 2.55. The third kappa shape index (κ3) is 0.823. The van der Waals surface area contributed by atoms with Crippen molar-refractivity contribution in [2.75, 3.05) is 0 Å². The number of rotatable bonds is 1. The molecule has 2 heteroatoms. The van der Waals surface area contributed by atoms with E-state index in [0.29, 0.717) is 6.42 Å². The molecule has 0 saturated heterocycles. The van der Waals surface area contributed by atoms with Crippen LogP contribution < -0.4 is 5.73 Å². The van der Waals surface area contributed by atoms with Gasteiger partial charge in [0.2, 0.25) is 0 Å². The summed E-state index contributed by atoms with van der Waals surface area (Å²) in [7, 11) is 0. The van der Waals surface area contributed by atoms with E-state index in [1.165, 1.54) is 6.42 Å². The maximum absolute atomic E-state index is 8.24. The first kappa shape index (κ1) is 5.58. The van der Waals surface area contributed by atoms with Crippen LogP contribution in [0.1, 0.15) is 25.7 Å². The van der Waals surface area contributed by atoms with Crippen molar-refractivity contribution in [1.82, 2.24) is 0 Å². The van der Waals surface area contributed by atoms with E-state index in [2.05, 4.69) is 6.07 Å². The van der Waals surface area contributed by atoms with Crippen molar-refractivity contribution in [3.05, 3.63) is 0 Å². The summed E-state index contributed by atoms with van der Waals surface area (Å²) in [4.78, 5) is 0. The average molecular weight is 110 g/mol. The molecular weight excluding hydrogens is 100 g/mol. The zero-order valence-electron chi connectivity index (χ0n) is 4.85. The molecule has 0 unspecified atom stereocenters. The zero-order chi connectivity index (χ0) is 6.04. The summed E-state index contributed by atoms with van der Waals surface area (Å²) in [6.45, 7) is 0. The topological polar surface area (TPSA) is 49.8 Å². The largest absolute Gasteiger partial charge is 0.324 e. The lowest BCUT2D eigenvalue weighted by molar-refractivity contribution is 0.254. The number of nitrogens with zero attached hydrogens (tertiary/aromatic N) is 1. The minimum atomic E-state index is -0.0885. The van der Waals surface area contributed by atoms with Gasteiger partial charge in [0, 0.05) is 5.54 Å². The molecule has 1 aliphatic carbocycles. The van der Waals surface area contributed by atoms with Gasteiger partial charge in [-0.05, 0) is 19.3 Å². The van der Waals surface area contributed by atoms with Crippen molar-refractivity contribution in [2.45, 2.75) is 31.2 Å². The Hall–Kier alpha value is -0.550. The molecule has 44 valence electrons. The van der Waals surface area contributed by atoms with Crippen LogP contribution in [0.2, 0.25) is 0 Å². The molecule has 1 fully saturated rings. The molecule has 0 heterocycles. The monoisotopic (exact) mass is 110 g/mol. The number of hydrogen-bond acceptors (Lipinski definition) is 2. The summed E-state index contributed by atoms with van der Waals surface area (Å²) >= 11 is 0. The van der Waals surface area contributed by atoms with Gasteiger partial charge >= 0.3 is 0 Å². The highest BCUT2D eigenvalue weighted by molar-refractivity contribution is 4.98. The molecule has 1 aliphatic rings. The van der Waals surface area contributed by atoms with E-state index in [0.717, 1.165) is 12.8 Å². The zero-order valence-corrected chi connectivity index (χ0v) is 4.85. The Bertz CT molecular complexity index is 119. The van der Waals surface area contributed by atoms with Crippen LogP contribution in [0.15, 0.2) is 0 Å². The van der Waals surface area contributed by atoms with E-state index >= 15 is 0 Å². The first-order valence-corrected chi connectivity index (χ1v) is 2.93. The fourth-order valence-corrected chi connectivity index (χ4v) is 0.965. The van der Waals surface area contributed by atoms with Gasteiger partial charge in [0.15, 0.2) is 0 Å². The van der Waals surface area contributed by atoms with Gasteiger partial charge in [0.05, 0.1) is 12.5 Å². The van der Waals surface area contributed by atoms with Crippen molar-refractivity contribution >= 4 is 0 Å². The van der Waals surface area contributed by atoms with Gasteiger partial charge in [-0.25, -0.2) is 0 Å². The third-order valence-electron chi connectivity index (χ3n) is 1.78. The minimum absolute atomic E-state index is 0.0885. The second-order valence-corrected chi connectivity index (χ2v) is 2.55. The van der Waals surface area contributed by atoms with Crippen molar-refractivity contribution in [3.8, 4) is 6.07 Å². The van der Waals surface area contributed by atoms with E-state index < -0.39 is 0 Å². The normalized spacial score (nSPS) is 23.5. The molecule has 2 N–H and O–H groups in total. The van der Waals surface area contributed by atoms with Gasteiger partial charge in [-0.15, -0.1) is 0 Å². The maximum atomic E-state index is 8.24. The lowest BCUT2D eigenvalue weighted by atomic mass is 9.76. The quantitative estimate of drug-likeness (QED) is 0.542. The minimum Gasteiger partial charge on any atom is -0.324 e. The maximum Gasteiger partial charge on any atom is 0.0641 e. The number of hydrogen-bond donors (Lipinski definition) is 1. The molecule has 0 spiro atoms. The summed E-state index contributed by atoms with van der Waals surface area (Å²) < 4.78 is 0. The predicted octanol–water partition coefficient (Wildman–Crippen LogP) is 0.781. The van der Waals surface area contributed by atoms with E-state index in [9.17, 15) is 0 Å². The van der Waals surface area contributed by atoms with Crippen molar-refractivity contribution in [1.29, 1.82) is 5.26 Å². The standard InChI is InChI=1S/C6H10N2/c7-5-4-6(8)2-1-3-6/h1-4,8H2. The third-order valence-corrected chi connectivity index (χ3v) is 1.78. The lowest BCUT2D eigenvalue weighted by Gasteiger charge is -2.35. The summed E-state index contributed by atoms with van der Waals surface area (Å²) in [5, 5.41) is 8.24. The van der Waals surface area contributed by atoms with E-state index in [1.54, 1.807) is 0 Å². The van der Waals surface area contributed by atoms with Crippen molar-refractivity contribution in [2.24, 2.45) is 5.73 Å². The second kappa shape index (κ2) is 1.75. The van der Waals surface area contributed by atoms with Crippen LogP contribution in [0, 0.1) is 11.3 Å². The molecular formula is C6H10N2. The molecule has 1 rings (SSSR count). The summed E-state index contributed by atoms with van der Waals surface area (Å²) in [5.41, 5.74) is 5.60. The first-order chi connectivity index (χ1) is 3.77. The molecule has 0 aromatic rings. The first-order valence-electron chi connectivity index (χ1n) is 2.93. The van der Waals surface area contributed by atoms with Crippen molar-refractivity contribution in [3.63, 3.8) is 0 Å². The van der Waals surface area contributed by atoms with E-state index in [4.69, 9.17) is 11.0 Å². The van der Waals surface area contributed by atoms with Gasteiger partial charge in [0.25, 0.3) is 0 Å². The van der Waals surface area contributed by atoms with Crippen LogP contribution in [-0.2, 0) is 0 Å². The number of nitrogens with two attached hydrogens (primary N) is 1. The van der Waals surface area contributed by atoms with Crippen LogP contribution >= 0.6 is 0 Å². The highest BCUT2D eigenvalue weighted by atomic mass is 14.8. The van der Waals surface area contributed by atoms with Crippen LogP contribution in [0.5, 0.6) is 0 Å². The Labute approximate surface area is 49.3 Å². The van der Waals surface area contributed by atoms with Gasteiger partial charge in [0.1, 0.15) is 0 Å². The van der Waals surface area contributed by atoms with Gasteiger partial charge < -0.3 is 5.73 Å². The Morgan fingerprint density at radius 2 is 2.25 bits per heavy atom. The Balaban J connectivity index is 2.33. The van der Waals surface area contributed by atoms with Gasteiger partial charge in [-0.3, -0.25) is 0 Å². The highest BCUT2D eigenvalue weighted by Gasteiger charge is 2.31. The van der Waals surface area contributed by atoms with Crippen LogP contribution in [0.25, 0.3) is 0 Å². The van der Waals surface area contributed by atoms with E-state index in [1.807, 2.05) is 0 Å². The molecule has 0 atom stereocenters. The Morgan fingerprint density at radius 1 is 1.62 bits per heavy atom. The molecule has 0 aromatic carbocycles. The molecule has 1 saturated carbocycles. The summed E-state index contributed by atoms with van der Waals surface area (Å²) in [6, 6.07) is 2.09. The molecule has 0 amide bonds. The fraction of sp³-hybridized carbons (Fsp3) is 0.833. The SMILES string of the molecule is N#CCC1(N)CCC1. The van der Waals surface area contributed by atoms with Gasteiger partial charge in [-0.2, -0.15) is 5.26 Å². The van der Waals surface area contributed by atoms with Crippen LogP contribution in [-0.4, -0.2) is 5.54 Å². The molecule has 2 nitrogen and oxygen atoms in total. The molecule has 0 radical (unpaired) electrons. The van der Waals surface area contributed by atoms with Gasteiger partial charge in [-0.1, -0.05) is 0 Å². The molecule has 0 aromatic heterocycles. The number of nitriles is 1. The predicted molar refractivity (Wildman–Crippen MR) is 31.0 cm³/mol. The molecule has 0 bridgehead atoms.